The maximum atomic E-state index is 11.5. The summed E-state index contributed by atoms with van der Waals surface area (Å²) in [4.78, 5) is 11.5. The van der Waals surface area contributed by atoms with Crippen molar-refractivity contribution in [3.05, 3.63) is 12.7 Å². The minimum absolute atomic E-state index is 0.261. The predicted octanol–water partition coefficient (Wildman–Crippen LogP) is 3.35. The van der Waals surface area contributed by atoms with E-state index < -0.39 is 14.5 Å². The number of carbonyl (C=O) groups excluding carboxylic acids is 1. The summed E-state index contributed by atoms with van der Waals surface area (Å²) in [5.74, 6) is -0.397. The molecule has 0 aliphatic heterocycles. The molecule has 4 nitrogen and oxygen atoms in total. The van der Waals surface area contributed by atoms with Crippen LogP contribution in [0.5, 0.6) is 0 Å². The lowest BCUT2D eigenvalue weighted by atomic mass is 10.3. The minimum Gasteiger partial charge on any atom is -0.457 e. The molecule has 1 atom stereocenters. The van der Waals surface area contributed by atoms with Crippen molar-refractivity contribution in [1.82, 2.24) is 0 Å². The smallest absolute Gasteiger partial charge is 0.380 e. The van der Waals surface area contributed by atoms with Gasteiger partial charge in [-0.25, -0.2) is 4.79 Å². The Bertz CT molecular complexity index is 251. The second kappa shape index (κ2) is 10.2. The minimum atomic E-state index is -2.52. The maximum absolute atomic E-state index is 11.5. The molecule has 1 unspecified atom stereocenters. The van der Waals surface area contributed by atoms with E-state index in [9.17, 15) is 4.79 Å². The van der Waals surface area contributed by atoms with E-state index in [-0.39, 0.29) is 5.73 Å². The summed E-state index contributed by atoms with van der Waals surface area (Å²) in [6.07, 6.45) is 3.85. The standard InChI is InChI=1S/C14H28O4Si/c1-6-11-14(18-13(15)8-3)19(12-7-2,16-9-4)17-10-5/h8,14H,3,6-7,9-12H2,1-2,4-5H3. The van der Waals surface area contributed by atoms with Crippen LogP contribution in [-0.4, -0.2) is 33.5 Å². The van der Waals surface area contributed by atoms with Gasteiger partial charge in [0.1, 0.15) is 5.73 Å². The molecule has 19 heavy (non-hydrogen) atoms. The molecule has 0 aliphatic rings. The Balaban J connectivity index is 5.16. The monoisotopic (exact) mass is 288 g/mol. The van der Waals surface area contributed by atoms with Gasteiger partial charge in [0.05, 0.1) is 0 Å². The quantitative estimate of drug-likeness (QED) is 0.332. The Hall–Kier alpha value is -0.653. The summed E-state index contributed by atoms with van der Waals surface area (Å²) < 4.78 is 17.5. The third kappa shape index (κ3) is 5.89. The summed E-state index contributed by atoms with van der Waals surface area (Å²) in [6, 6.07) is 0.837. The molecule has 5 heteroatoms. The molecule has 0 saturated carbocycles. The zero-order valence-corrected chi connectivity index (χ0v) is 13.7. The van der Waals surface area contributed by atoms with E-state index in [1.165, 1.54) is 6.08 Å². The summed E-state index contributed by atoms with van der Waals surface area (Å²) in [6.45, 7) is 12.7. The molecule has 0 heterocycles. The van der Waals surface area contributed by atoms with Crippen LogP contribution in [0.25, 0.3) is 0 Å². The highest BCUT2D eigenvalue weighted by Crippen LogP contribution is 2.26. The fraction of sp³-hybridized carbons (Fsp3) is 0.786. The van der Waals surface area contributed by atoms with Crippen LogP contribution in [0.2, 0.25) is 6.04 Å². The van der Waals surface area contributed by atoms with Crippen LogP contribution in [0, 0.1) is 0 Å². The van der Waals surface area contributed by atoms with E-state index >= 15 is 0 Å². The van der Waals surface area contributed by atoms with E-state index in [0.717, 1.165) is 25.3 Å². The fourth-order valence-corrected chi connectivity index (χ4v) is 5.95. The van der Waals surface area contributed by atoms with Gasteiger partial charge in [-0.1, -0.05) is 33.3 Å². The third-order valence-electron chi connectivity index (χ3n) is 2.84. The largest absolute Gasteiger partial charge is 0.457 e. The van der Waals surface area contributed by atoms with Gasteiger partial charge in [-0.3, -0.25) is 0 Å². The van der Waals surface area contributed by atoms with E-state index in [4.69, 9.17) is 13.6 Å². The van der Waals surface area contributed by atoms with E-state index in [0.29, 0.717) is 13.2 Å². The molecular formula is C14H28O4Si. The van der Waals surface area contributed by atoms with Crippen LogP contribution in [0.4, 0.5) is 0 Å². The lowest BCUT2D eigenvalue weighted by molar-refractivity contribution is -0.141. The van der Waals surface area contributed by atoms with E-state index in [1.807, 2.05) is 13.8 Å². The number of rotatable bonds is 11. The van der Waals surface area contributed by atoms with Gasteiger partial charge < -0.3 is 13.6 Å². The molecule has 0 rings (SSSR count). The molecule has 0 saturated heterocycles. The number of carbonyl (C=O) groups is 1. The molecule has 112 valence electrons. The van der Waals surface area contributed by atoms with Crippen molar-refractivity contribution >= 4 is 14.5 Å². The van der Waals surface area contributed by atoms with Crippen LogP contribution in [0.3, 0.4) is 0 Å². The third-order valence-corrected chi connectivity index (χ3v) is 6.98. The summed E-state index contributed by atoms with van der Waals surface area (Å²) >= 11 is 0. The van der Waals surface area contributed by atoms with Crippen molar-refractivity contribution in [2.45, 2.75) is 58.7 Å². The molecule has 0 aromatic carbocycles. The van der Waals surface area contributed by atoms with E-state index in [2.05, 4.69) is 20.4 Å². The lowest BCUT2D eigenvalue weighted by Crippen LogP contribution is -2.55. The molecule has 0 aromatic rings. The van der Waals surface area contributed by atoms with Gasteiger partial charge in [0.15, 0.2) is 0 Å². The fourth-order valence-electron chi connectivity index (χ4n) is 2.19. The first-order chi connectivity index (χ1) is 9.10. The van der Waals surface area contributed by atoms with Crippen molar-refractivity contribution in [2.75, 3.05) is 13.2 Å². The highest BCUT2D eigenvalue weighted by Gasteiger charge is 2.47. The number of esters is 1. The van der Waals surface area contributed by atoms with Crippen molar-refractivity contribution in [1.29, 1.82) is 0 Å². The average molecular weight is 288 g/mol. The zero-order chi connectivity index (χ0) is 14.7. The number of ether oxygens (including phenoxy) is 1. The van der Waals surface area contributed by atoms with Crippen LogP contribution in [0.1, 0.15) is 47.0 Å². The Kier molecular flexibility index (Phi) is 9.82. The molecule has 0 bridgehead atoms. The second-order valence-corrected chi connectivity index (χ2v) is 7.69. The second-order valence-electron chi connectivity index (χ2n) is 4.35. The number of hydrogen-bond acceptors (Lipinski definition) is 4. The Morgan fingerprint density at radius 1 is 1.16 bits per heavy atom. The van der Waals surface area contributed by atoms with Gasteiger partial charge in [0.25, 0.3) is 0 Å². The lowest BCUT2D eigenvalue weighted by Gasteiger charge is -2.36. The molecule has 0 amide bonds. The first kappa shape index (κ1) is 18.3. The van der Waals surface area contributed by atoms with Crippen LogP contribution in [-0.2, 0) is 18.4 Å². The molecule has 0 aromatic heterocycles. The maximum Gasteiger partial charge on any atom is 0.380 e. The van der Waals surface area contributed by atoms with Crippen molar-refractivity contribution < 1.29 is 18.4 Å². The number of hydrogen-bond donors (Lipinski definition) is 0. The van der Waals surface area contributed by atoms with Crippen LogP contribution < -0.4 is 0 Å². The van der Waals surface area contributed by atoms with Crippen molar-refractivity contribution in [2.24, 2.45) is 0 Å². The van der Waals surface area contributed by atoms with Crippen molar-refractivity contribution in [3.63, 3.8) is 0 Å². The molecule has 0 fully saturated rings. The van der Waals surface area contributed by atoms with Gasteiger partial charge in [-0.15, -0.1) is 0 Å². The Morgan fingerprint density at radius 3 is 2.11 bits per heavy atom. The first-order valence-electron chi connectivity index (χ1n) is 7.21. The molecule has 0 N–H and O–H groups in total. The first-order valence-corrected chi connectivity index (χ1v) is 9.31. The summed E-state index contributed by atoms with van der Waals surface area (Å²) in [5, 5.41) is 0. The van der Waals surface area contributed by atoms with Gasteiger partial charge in [-0.05, 0) is 26.3 Å². The van der Waals surface area contributed by atoms with Gasteiger partial charge in [0, 0.05) is 19.3 Å². The van der Waals surface area contributed by atoms with Gasteiger partial charge in [0.2, 0.25) is 0 Å². The SMILES string of the molecule is C=CC(=O)OC(CCC)[Si](CCC)(OCC)OCC. The van der Waals surface area contributed by atoms with E-state index in [1.54, 1.807) is 0 Å². The van der Waals surface area contributed by atoms with Crippen LogP contribution >= 0.6 is 0 Å². The molecular weight excluding hydrogens is 260 g/mol. The zero-order valence-electron chi connectivity index (χ0n) is 12.7. The van der Waals surface area contributed by atoms with Gasteiger partial charge in [-0.2, -0.15) is 0 Å². The van der Waals surface area contributed by atoms with Crippen LogP contribution in [0.15, 0.2) is 12.7 Å². The molecule has 0 spiro atoms. The molecule has 0 aliphatic carbocycles. The van der Waals surface area contributed by atoms with Crippen molar-refractivity contribution in [3.8, 4) is 0 Å². The summed E-state index contributed by atoms with van der Waals surface area (Å²) in [7, 11) is -2.52. The predicted molar refractivity (Wildman–Crippen MR) is 79.1 cm³/mol. The highest BCUT2D eigenvalue weighted by atomic mass is 28.4. The molecule has 0 radical (unpaired) electrons. The Labute approximate surface area is 118 Å². The topological polar surface area (TPSA) is 44.8 Å². The average Bonchev–Trinajstić information content (AvgIpc) is 2.38. The van der Waals surface area contributed by atoms with Gasteiger partial charge >= 0.3 is 14.5 Å². The Morgan fingerprint density at radius 2 is 1.74 bits per heavy atom. The highest BCUT2D eigenvalue weighted by molar-refractivity contribution is 6.69. The normalized spacial score (nSPS) is 13.1. The summed E-state index contributed by atoms with van der Waals surface area (Å²) in [5.41, 5.74) is -0.261.